The predicted molar refractivity (Wildman–Crippen MR) is 120 cm³/mol. The molecule has 4 nitrogen and oxygen atoms in total. The summed E-state index contributed by atoms with van der Waals surface area (Å²) in [5.74, 6) is 1.71. The quantitative estimate of drug-likeness (QED) is 0.423. The fraction of sp³-hybridized carbons (Fsp3) is 0.250. The largest absolute Gasteiger partial charge is 0.356 e. The van der Waals surface area contributed by atoms with Gasteiger partial charge in [0, 0.05) is 35.6 Å². The van der Waals surface area contributed by atoms with E-state index in [1.807, 2.05) is 30.3 Å². The number of fused-ring (bicyclic) bond motifs is 1. The van der Waals surface area contributed by atoms with Crippen molar-refractivity contribution in [3.63, 3.8) is 0 Å². The van der Waals surface area contributed by atoms with Gasteiger partial charge in [0.2, 0.25) is 0 Å². The summed E-state index contributed by atoms with van der Waals surface area (Å²) in [6, 6.07) is 18.4. The number of rotatable bonds is 3. The smallest absolute Gasteiger partial charge is 0.150 e. The number of hydrogen-bond donors (Lipinski definition) is 0. The Labute approximate surface area is 175 Å². The van der Waals surface area contributed by atoms with E-state index in [1.165, 1.54) is 18.4 Å². The van der Waals surface area contributed by atoms with Crippen LogP contribution in [0.1, 0.15) is 19.8 Å². The molecule has 0 spiro atoms. The second-order valence-electron chi connectivity index (χ2n) is 7.84. The first-order valence-corrected chi connectivity index (χ1v) is 10.5. The summed E-state index contributed by atoms with van der Waals surface area (Å²) in [6.45, 7) is 4.39. The molecule has 0 saturated carbocycles. The van der Waals surface area contributed by atoms with Crippen molar-refractivity contribution in [1.82, 2.24) is 14.5 Å². The van der Waals surface area contributed by atoms with Crippen molar-refractivity contribution in [2.75, 3.05) is 18.0 Å². The highest BCUT2D eigenvalue weighted by molar-refractivity contribution is 6.30. The topological polar surface area (TPSA) is 34.0 Å². The maximum Gasteiger partial charge on any atom is 0.150 e. The zero-order chi connectivity index (χ0) is 19.8. The van der Waals surface area contributed by atoms with E-state index in [1.54, 1.807) is 6.33 Å². The van der Waals surface area contributed by atoms with Gasteiger partial charge >= 0.3 is 0 Å². The molecule has 0 radical (unpaired) electrons. The zero-order valence-electron chi connectivity index (χ0n) is 16.4. The first-order chi connectivity index (χ1) is 14.2. The molecule has 2 aromatic carbocycles. The third-order valence-corrected chi connectivity index (χ3v) is 5.96. The molecule has 0 aliphatic carbocycles. The van der Waals surface area contributed by atoms with Crippen molar-refractivity contribution in [3.05, 3.63) is 72.1 Å². The van der Waals surface area contributed by atoms with Crippen LogP contribution >= 0.6 is 11.6 Å². The average molecular weight is 403 g/mol. The minimum absolute atomic E-state index is 0.673. The Morgan fingerprint density at radius 2 is 1.79 bits per heavy atom. The summed E-state index contributed by atoms with van der Waals surface area (Å²) in [4.78, 5) is 11.9. The zero-order valence-corrected chi connectivity index (χ0v) is 17.2. The van der Waals surface area contributed by atoms with Crippen LogP contribution in [-0.2, 0) is 0 Å². The van der Waals surface area contributed by atoms with Gasteiger partial charge in [-0.15, -0.1) is 0 Å². The van der Waals surface area contributed by atoms with Crippen molar-refractivity contribution in [2.45, 2.75) is 19.8 Å². The van der Waals surface area contributed by atoms with Gasteiger partial charge in [-0.2, -0.15) is 0 Å². The van der Waals surface area contributed by atoms with Crippen molar-refractivity contribution in [1.29, 1.82) is 0 Å². The lowest BCUT2D eigenvalue weighted by atomic mass is 9.99. The third kappa shape index (κ3) is 3.38. The SMILES string of the molecule is CC1CCCN(c2ncnc3c2c(-c2ccccc2)cn3-c2ccc(Cl)cc2)C1. The minimum atomic E-state index is 0.673. The number of halogens is 1. The fourth-order valence-electron chi connectivity index (χ4n) is 4.30. The van der Waals surface area contributed by atoms with Gasteiger partial charge in [0.25, 0.3) is 0 Å². The first-order valence-electron chi connectivity index (χ1n) is 10.1. The predicted octanol–water partition coefficient (Wildman–Crippen LogP) is 5.98. The lowest BCUT2D eigenvalue weighted by molar-refractivity contribution is 0.445. The van der Waals surface area contributed by atoms with Crippen LogP contribution in [0.5, 0.6) is 0 Å². The molecule has 0 bridgehead atoms. The van der Waals surface area contributed by atoms with Crippen LogP contribution in [0.4, 0.5) is 5.82 Å². The van der Waals surface area contributed by atoms with Gasteiger partial charge in [0.1, 0.15) is 12.1 Å². The number of benzene rings is 2. The molecule has 1 saturated heterocycles. The molecule has 2 aromatic heterocycles. The van der Waals surface area contributed by atoms with Crippen molar-refractivity contribution in [3.8, 4) is 16.8 Å². The molecule has 3 heterocycles. The van der Waals surface area contributed by atoms with Crippen LogP contribution in [0.2, 0.25) is 5.02 Å². The Hall–Kier alpha value is -2.85. The van der Waals surface area contributed by atoms with E-state index in [2.05, 4.69) is 46.9 Å². The van der Waals surface area contributed by atoms with Gasteiger partial charge in [-0.3, -0.25) is 0 Å². The van der Waals surface area contributed by atoms with Gasteiger partial charge in [0.15, 0.2) is 5.65 Å². The molecule has 0 N–H and O–H groups in total. The fourth-order valence-corrected chi connectivity index (χ4v) is 4.43. The van der Waals surface area contributed by atoms with E-state index in [9.17, 15) is 0 Å². The molecule has 146 valence electrons. The van der Waals surface area contributed by atoms with Gasteiger partial charge in [-0.05, 0) is 48.6 Å². The van der Waals surface area contributed by atoms with E-state index < -0.39 is 0 Å². The maximum absolute atomic E-state index is 6.12. The van der Waals surface area contributed by atoms with Crippen LogP contribution in [0.15, 0.2) is 67.1 Å². The highest BCUT2D eigenvalue weighted by atomic mass is 35.5. The summed E-state index contributed by atoms with van der Waals surface area (Å²) < 4.78 is 2.15. The molecule has 0 amide bonds. The summed E-state index contributed by atoms with van der Waals surface area (Å²) in [5.41, 5.74) is 4.29. The highest BCUT2D eigenvalue weighted by Gasteiger charge is 2.24. The summed E-state index contributed by atoms with van der Waals surface area (Å²) in [5, 5.41) is 1.84. The van der Waals surface area contributed by atoms with Crippen LogP contribution in [0.3, 0.4) is 0 Å². The molecule has 1 fully saturated rings. The lowest BCUT2D eigenvalue weighted by Gasteiger charge is -2.32. The number of nitrogens with zero attached hydrogens (tertiary/aromatic N) is 4. The molecule has 5 heteroatoms. The monoisotopic (exact) mass is 402 g/mol. The van der Waals surface area contributed by atoms with E-state index >= 15 is 0 Å². The molecule has 1 unspecified atom stereocenters. The van der Waals surface area contributed by atoms with Crippen LogP contribution < -0.4 is 4.90 Å². The first kappa shape index (κ1) is 18.2. The third-order valence-electron chi connectivity index (χ3n) is 5.71. The molecular formula is C24H23ClN4. The highest BCUT2D eigenvalue weighted by Crippen LogP contribution is 2.37. The molecular weight excluding hydrogens is 380 g/mol. The maximum atomic E-state index is 6.12. The Morgan fingerprint density at radius 3 is 2.55 bits per heavy atom. The van der Waals surface area contributed by atoms with E-state index in [4.69, 9.17) is 21.6 Å². The van der Waals surface area contributed by atoms with E-state index in [-0.39, 0.29) is 0 Å². The average Bonchev–Trinajstić information content (AvgIpc) is 3.15. The molecule has 5 rings (SSSR count). The molecule has 1 aliphatic rings. The Kier molecular flexibility index (Phi) is 4.72. The van der Waals surface area contributed by atoms with Crippen molar-refractivity contribution in [2.24, 2.45) is 5.92 Å². The van der Waals surface area contributed by atoms with E-state index in [0.717, 1.165) is 46.2 Å². The standard InChI is InChI=1S/C24H23ClN4/c1-17-6-5-13-28(14-17)23-22-21(18-7-3-2-4-8-18)15-29(24(22)27-16-26-23)20-11-9-19(25)10-12-20/h2-4,7-12,15-17H,5-6,13-14H2,1H3. The Bertz CT molecular complexity index is 1130. The van der Waals surface area contributed by atoms with Gasteiger partial charge in [0.05, 0.1) is 5.39 Å². The summed E-state index contributed by atoms with van der Waals surface area (Å²) in [7, 11) is 0. The number of hydrogen-bond acceptors (Lipinski definition) is 3. The van der Waals surface area contributed by atoms with Gasteiger partial charge in [-0.1, -0.05) is 48.9 Å². The molecule has 1 aliphatic heterocycles. The van der Waals surface area contributed by atoms with Crippen LogP contribution in [0, 0.1) is 5.92 Å². The molecule has 1 atom stereocenters. The Balaban J connectivity index is 1.76. The summed E-state index contributed by atoms with van der Waals surface area (Å²) in [6.07, 6.45) is 6.35. The van der Waals surface area contributed by atoms with Crippen LogP contribution in [0.25, 0.3) is 27.8 Å². The molecule has 29 heavy (non-hydrogen) atoms. The van der Waals surface area contributed by atoms with Gasteiger partial charge < -0.3 is 9.47 Å². The van der Waals surface area contributed by atoms with Crippen molar-refractivity contribution >= 4 is 28.5 Å². The van der Waals surface area contributed by atoms with Gasteiger partial charge in [-0.25, -0.2) is 9.97 Å². The number of anilines is 1. The number of aromatic nitrogens is 3. The van der Waals surface area contributed by atoms with Crippen molar-refractivity contribution < 1.29 is 0 Å². The number of piperidine rings is 1. The minimum Gasteiger partial charge on any atom is -0.356 e. The normalized spacial score (nSPS) is 17.0. The molecule has 4 aromatic rings. The lowest BCUT2D eigenvalue weighted by Crippen LogP contribution is -2.35. The van der Waals surface area contributed by atoms with Crippen LogP contribution in [-0.4, -0.2) is 27.6 Å². The van der Waals surface area contributed by atoms with E-state index in [0.29, 0.717) is 5.92 Å². The second-order valence-corrected chi connectivity index (χ2v) is 8.28. The second kappa shape index (κ2) is 7.53. The Morgan fingerprint density at radius 1 is 1.00 bits per heavy atom. The summed E-state index contributed by atoms with van der Waals surface area (Å²) >= 11 is 6.12.